The van der Waals surface area contributed by atoms with Gasteiger partial charge in [0, 0.05) is 0 Å². The number of ether oxygens (including phenoxy) is 1. The van der Waals surface area contributed by atoms with E-state index in [1.807, 2.05) is 13.8 Å². The van der Waals surface area contributed by atoms with Crippen LogP contribution in [-0.2, 0) is 21.1 Å². The molecule has 5 N–H and O–H groups in total. The summed E-state index contributed by atoms with van der Waals surface area (Å²) in [6.07, 6.45) is 2.61. The van der Waals surface area contributed by atoms with E-state index in [0.29, 0.717) is 34.2 Å². The SMILES string of the molecule is CCC(Sc1nc(SC(CC)C(N)=O)c2ncn(COCCO)c2n1)C(N)=O. The summed E-state index contributed by atoms with van der Waals surface area (Å²) >= 11 is 2.37. The Balaban J connectivity index is 2.45. The lowest BCUT2D eigenvalue weighted by molar-refractivity contribution is -0.118. The summed E-state index contributed by atoms with van der Waals surface area (Å²) in [6.45, 7) is 3.93. The van der Waals surface area contributed by atoms with E-state index in [4.69, 9.17) is 21.3 Å². The fourth-order valence-corrected chi connectivity index (χ4v) is 4.13. The molecule has 2 rings (SSSR count). The van der Waals surface area contributed by atoms with E-state index in [9.17, 15) is 9.59 Å². The monoisotopic (exact) mass is 428 g/mol. The predicted octanol–water partition coefficient (Wildman–Crippen LogP) is 0.505. The molecule has 2 amide bonds. The number of aliphatic hydroxyl groups is 1. The van der Waals surface area contributed by atoms with Crippen LogP contribution in [0.4, 0.5) is 0 Å². The first kappa shape index (κ1) is 22.4. The van der Waals surface area contributed by atoms with Crippen LogP contribution in [0.25, 0.3) is 11.2 Å². The van der Waals surface area contributed by atoms with Crippen LogP contribution in [0.1, 0.15) is 26.7 Å². The van der Waals surface area contributed by atoms with Crippen molar-refractivity contribution in [1.82, 2.24) is 19.5 Å². The topological polar surface area (TPSA) is 159 Å². The minimum atomic E-state index is -0.476. The molecule has 10 nitrogen and oxygen atoms in total. The number of carbonyl (C=O) groups is 2. The molecule has 0 spiro atoms. The molecule has 0 saturated heterocycles. The van der Waals surface area contributed by atoms with Crippen LogP contribution in [0.3, 0.4) is 0 Å². The van der Waals surface area contributed by atoms with E-state index in [2.05, 4.69) is 15.0 Å². The van der Waals surface area contributed by atoms with Gasteiger partial charge in [0.15, 0.2) is 10.8 Å². The number of primary amides is 2. The summed E-state index contributed by atoms with van der Waals surface area (Å²) in [7, 11) is 0. The van der Waals surface area contributed by atoms with Gasteiger partial charge in [-0.1, -0.05) is 37.4 Å². The van der Waals surface area contributed by atoms with Gasteiger partial charge in [-0.3, -0.25) is 14.2 Å². The van der Waals surface area contributed by atoms with Crippen molar-refractivity contribution in [2.75, 3.05) is 13.2 Å². The first-order chi connectivity index (χ1) is 13.4. The maximum Gasteiger partial charge on any atom is 0.231 e. The van der Waals surface area contributed by atoms with Gasteiger partial charge in [0.05, 0.1) is 30.0 Å². The minimum absolute atomic E-state index is 0.0998. The molecular formula is C16H24N6O4S2. The zero-order chi connectivity index (χ0) is 20.7. The van der Waals surface area contributed by atoms with Crippen LogP contribution in [0.5, 0.6) is 0 Å². The fourth-order valence-electron chi connectivity index (χ4n) is 2.30. The molecule has 0 aliphatic rings. The maximum atomic E-state index is 11.7. The van der Waals surface area contributed by atoms with Crippen molar-refractivity contribution in [3.8, 4) is 0 Å². The Morgan fingerprint density at radius 2 is 1.82 bits per heavy atom. The molecule has 0 saturated carbocycles. The average molecular weight is 429 g/mol. The summed E-state index contributed by atoms with van der Waals surface area (Å²) in [5.41, 5.74) is 11.9. The normalized spacial score (nSPS) is 13.5. The molecule has 2 unspecified atom stereocenters. The molecule has 28 heavy (non-hydrogen) atoms. The highest BCUT2D eigenvalue weighted by Crippen LogP contribution is 2.32. The Morgan fingerprint density at radius 3 is 2.39 bits per heavy atom. The Labute approximate surface area is 170 Å². The molecule has 154 valence electrons. The Bertz CT molecular complexity index is 831. The third-order valence-electron chi connectivity index (χ3n) is 3.76. The lowest BCUT2D eigenvalue weighted by Gasteiger charge is -2.13. The zero-order valence-corrected chi connectivity index (χ0v) is 17.3. The number of hydrogen-bond donors (Lipinski definition) is 3. The molecule has 2 aromatic heterocycles. The Kier molecular flexibility index (Phi) is 8.48. The van der Waals surface area contributed by atoms with Crippen molar-refractivity contribution in [3.05, 3.63) is 6.33 Å². The van der Waals surface area contributed by atoms with E-state index in [0.717, 1.165) is 11.8 Å². The zero-order valence-electron chi connectivity index (χ0n) is 15.7. The van der Waals surface area contributed by atoms with Gasteiger partial charge in [-0.05, 0) is 12.8 Å². The van der Waals surface area contributed by atoms with Gasteiger partial charge in [0.1, 0.15) is 17.3 Å². The molecule has 2 atom stereocenters. The highest BCUT2D eigenvalue weighted by atomic mass is 32.2. The summed E-state index contributed by atoms with van der Waals surface area (Å²) in [4.78, 5) is 36.6. The molecule has 0 fully saturated rings. The summed E-state index contributed by atoms with van der Waals surface area (Å²) in [6, 6.07) is 0. The van der Waals surface area contributed by atoms with Gasteiger partial charge in [-0.2, -0.15) is 0 Å². The third-order valence-corrected chi connectivity index (χ3v) is 6.36. The predicted molar refractivity (Wildman–Crippen MR) is 107 cm³/mol. The molecule has 2 heterocycles. The maximum absolute atomic E-state index is 11.7. The van der Waals surface area contributed by atoms with Gasteiger partial charge >= 0.3 is 0 Å². The van der Waals surface area contributed by atoms with Crippen molar-refractivity contribution in [2.45, 2.75) is 54.1 Å². The molecule has 0 aliphatic carbocycles. The number of aromatic nitrogens is 4. The van der Waals surface area contributed by atoms with Crippen LogP contribution in [0, 0.1) is 0 Å². The molecule has 2 aromatic rings. The van der Waals surface area contributed by atoms with E-state index in [1.54, 1.807) is 10.9 Å². The molecule has 0 aromatic carbocycles. The second-order valence-electron chi connectivity index (χ2n) is 5.79. The number of aliphatic hydroxyl groups excluding tert-OH is 1. The number of carbonyl (C=O) groups excluding carboxylic acids is 2. The highest BCUT2D eigenvalue weighted by Gasteiger charge is 2.23. The molecular weight excluding hydrogens is 404 g/mol. The van der Waals surface area contributed by atoms with E-state index < -0.39 is 22.3 Å². The van der Waals surface area contributed by atoms with Crippen LogP contribution in [-0.4, -0.2) is 60.2 Å². The molecule has 12 heteroatoms. The second-order valence-corrected chi connectivity index (χ2v) is 8.15. The Morgan fingerprint density at radius 1 is 1.18 bits per heavy atom. The summed E-state index contributed by atoms with van der Waals surface area (Å²) in [5, 5.41) is 8.79. The van der Waals surface area contributed by atoms with Crippen molar-refractivity contribution in [2.24, 2.45) is 11.5 Å². The largest absolute Gasteiger partial charge is 0.394 e. The number of nitrogens with zero attached hydrogens (tertiary/aromatic N) is 4. The van der Waals surface area contributed by atoms with Crippen LogP contribution >= 0.6 is 23.5 Å². The molecule has 0 aliphatic heterocycles. The van der Waals surface area contributed by atoms with Crippen molar-refractivity contribution in [3.63, 3.8) is 0 Å². The first-order valence-electron chi connectivity index (χ1n) is 8.74. The molecule has 0 radical (unpaired) electrons. The quantitative estimate of drug-likeness (QED) is 0.189. The molecule has 0 bridgehead atoms. The van der Waals surface area contributed by atoms with E-state index in [1.165, 1.54) is 11.8 Å². The fraction of sp³-hybridized carbons (Fsp3) is 0.562. The lowest BCUT2D eigenvalue weighted by Crippen LogP contribution is -2.25. The van der Waals surface area contributed by atoms with Gasteiger partial charge in [-0.15, -0.1) is 0 Å². The number of amides is 2. The standard InChI is InChI=1S/C16H24N6O4S2/c1-3-9(12(17)24)27-15-11-14(22(7-19-11)8-26-6-5-23)20-16(21-15)28-10(4-2)13(18)25/h7,9-10,23H,3-6,8H2,1-2H3,(H2,17,24)(H2,18,25). The summed E-state index contributed by atoms with van der Waals surface area (Å²) < 4.78 is 7.01. The van der Waals surface area contributed by atoms with Gasteiger partial charge in [-0.25, -0.2) is 15.0 Å². The highest BCUT2D eigenvalue weighted by molar-refractivity contribution is 8.01. The first-order valence-corrected chi connectivity index (χ1v) is 10.5. The van der Waals surface area contributed by atoms with Crippen molar-refractivity contribution in [1.29, 1.82) is 0 Å². The number of thioether (sulfide) groups is 2. The minimum Gasteiger partial charge on any atom is -0.394 e. The summed E-state index contributed by atoms with van der Waals surface area (Å²) in [5.74, 6) is -0.892. The van der Waals surface area contributed by atoms with Crippen molar-refractivity contribution >= 4 is 46.5 Å². The van der Waals surface area contributed by atoms with Gasteiger partial charge in [0.25, 0.3) is 0 Å². The smallest absolute Gasteiger partial charge is 0.231 e. The van der Waals surface area contributed by atoms with Gasteiger partial charge < -0.3 is 21.3 Å². The third kappa shape index (κ3) is 5.56. The van der Waals surface area contributed by atoms with E-state index >= 15 is 0 Å². The lowest BCUT2D eigenvalue weighted by atomic mass is 10.3. The number of fused-ring (bicyclic) bond motifs is 1. The van der Waals surface area contributed by atoms with Gasteiger partial charge in [0.2, 0.25) is 11.8 Å². The number of imidazole rings is 1. The van der Waals surface area contributed by atoms with Crippen LogP contribution in [0.15, 0.2) is 16.5 Å². The average Bonchev–Trinajstić information content (AvgIpc) is 3.06. The van der Waals surface area contributed by atoms with Crippen LogP contribution < -0.4 is 11.5 Å². The Hall–Kier alpha value is -1.89. The second kappa shape index (κ2) is 10.6. The number of nitrogens with two attached hydrogens (primary N) is 2. The van der Waals surface area contributed by atoms with Crippen molar-refractivity contribution < 1.29 is 19.4 Å². The van der Waals surface area contributed by atoms with E-state index in [-0.39, 0.29) is 19.9 Å². The van der Waals surface area contributed by atoms with Crippen LogP contribution in [0.2, 0.25) is 0 Å². The number of rotatable bonds is 12. The number of hydrogen-bond acceptors (Lipinski definition) is 9.